The van der Waals surface area contributed by atoms with Crippen molar-refractivity contribution in [3.05, 3.63) is 40.3 Å². The second kappa shape index (κ2) is 4.84. The average Bonchev–Trinajstić information content (AvgIpc) is 2.79. The number of phenolic OH excluding ortho intramolecular Hbond substituents is 2. The Kier molecular flexibility index (Phi) is 3.24. The first-order valence-electron chi connectivity index (χ1n) is 4.87. The fraction of sp³-hybridized carbons (Fsp3) is 0.0909. The predicted molar refractivity (Wildman–Crippen MR) is 66.3 cm³/mol. The zero-order valence-corrected chi connectivity index (χ0v) is 9.68. The lowest BCUT2D eigenvalue weighted by Crippen LogP contribution is -2.08. The number of benzene rings is 1. The van der Waals surface area contributed by atoms with Crippen LogP contribution < -0.4 is 5.84 Å². The number of aromatic nitrogens is 1. The molecule has 0 radical (unpaired) electrons. The van der Waals surface area contributed by atoms with Crippen LogP contribution in [0.15, 0.2) is 34.2 Å². The molecule has 0 aliphatic carbocycles. The molecule has 0 spiro atoms. The molecular weight excluding hydrogens is 238 g/mol. The van der Waals surface area contributed by atoms with E-state index in [9.17, 15) is 10.2 Å². The molecule has 0 fully saturated rings. The van der Waals surface area contributed by atoms with Crippen LogP contribution in [0.1, 0.15) is 11.3 Å². The highest BCUT2D eigenvalue weighted by Crippen LogP contribution is 2.24. The van der Waals surface area contributed by atoms with E-state index < -0.39 is 0 Å². The fourth-order valence-corrected chi connectivity index (χ4v) is 2.03. The summed E-state index contributed by atoms with van der Waals surface area (Å²) in [6.45, 7) is 0. The van der Waals surface area contributed by atoms with Crippen LogP contribution in [0.5, 0.6) is 11.5 Å². The highest BCUT2D eigenvalue weighted by Gasteiger charge is 2.11. The van der Waals surface area contributed by atoms with Crippen molar-refractivity contribution in [2.24, 2.45) is 10.9 Å². The first-order valence-corrected chi connectivity index (χ1v) is 5.81. The van der Waals surface area contributed by atoms with Gasteiger partial charge in [-0.2, -0.15) is 5.10 Å². The van der Waals surface area contributed by atoms with Gasteiger partial charge in [0, 0.05) is 23.4 Å². The average molecular weight is 249 g/mol. The minimum atomic E-state index is -0.0515. The molecule has 1 aromatic carbocycles. The number of thiazole rings is 1. The number of nitrogens with zero attached hydrogens (tertiary/aromatic N) is 2. The van der Waals surface area contributed by atoms with E-state index in [-0.39, 0.29) is 11.5 Å². The standard InChI is InChI=1S/C11H11N3O2S/c12-14-10(3-7-5-17-6-13-7)9-2-1-8(15)4-11(9)16/h1-2,4-6,15-16H,3,12H2/b14-10-. The van der Waals surface area contributed by atoms with Crippen molar-refractivity contribution in [1.82, 2.24) is 4.98 Å². The van der Waals surface area contributed by atoms with E-state index in [4.69, 9.17) is 5.84 Å². The number of phenols is 2. The molecule has 2 rings (SSSR count). The predicted octanol–water partition coefficient (Wildman–Crippen LogP) is 1.46. The molecular formula is C11H11N3O2S. The maximum absolute atomic E-state index is 9.71. The molecule has 1 heterocycles. The second-order valence-corrected chi connectivity index (χ2v) is 4.15. The SMILES string of the molecule is N/N=C(/Cc1cscn1)c1ccc(O)cc1O. The monoisotopic (exact) mass is 249 g/mol. The Bertz CT molecular complexity index is 538. The van der Waals surface area contributed by atoms with Crippen molar-refractivity contribution < 1.29 is 10.2 Å². The van der Waals surface area contributed by atoms with E-state index in [1.807, 2.05) is 5.38 Å². The van der Waals surface area contributed by atoms with Crippen molar-refractivity contribution >= 4 is 17.0 Å². The van der Waals surface area contributed by atoms with E-state index >= 15 is 0 Å². The highest BCUT2D eigenvalue weighted by atomic mass is 32.1. The Morgan fingerprint density at radius 2 is 2.24 bits per heavy atom. The number of nitrogens with two attached hydrogens (primary N) is 1. The van der Waals surface area contributed by atoms with Crippen molar-refractivity contribution in [2.75, 3.05) is 0 Å². The Balaban J connectivity index is 2.30. The molecule has 0 aliphatic rings. The molecule has 0 bridgehead atoms. The van der Waals surface area contributed by atoms with E-state index in [0.717, 1.165) is 5.69 Å². The summed E-state index contributed by atoms with van der Waals surface area (Å²) in [4.78, 5) is 4.13. The molecule has 4 N–H and O–H groups in total. The lowest BCUT2D eigenvalue weighted by molar-refractivity contribution is 0.450. The number of hydrogen-bond acceptors (Lipinski definition) is 6. The molecule has 1 aromatic heterocycles. The van der Waals surface area contributed by atoms with Gasteiger partial charge in [0.2, 0.25) is 0 Å². The van der Waals surface area contributed by atoms with Crippen LogP contribution >= 0.6 is 11.3 Å². The smallest absolute Gasteiger partial charge is 0.128 e. The van der Waals surface area contributed by atoms with Gasteiger partial charge in [-0.05, 0) is 12.1 Å². The minimum Gasteiger partial charge on any atom is -0.508 e. The van der Waals surface area contributed by atoms with Crippen molar-refractivity contribution in [3.63, 3.8) is 0 Å². The first-order chi connectivity index (χ1) is 8.20. The molecule has 0 saturated heterocycles. The molecule has 88 valence electrons. The summed E-state index contributed by atoms with van der Waals surface area (Å²) < 4.78 is 0. The Labute approximate surface area is 102 Å². The van der Waals surface area contributed by atoms with Gasteiger partial charge in [-0.1, -0.05) is 0 Å². The van der Waals surface area contributed by atoms with Crippen molar-refractivity contribution in [1.29, 1.82) is 0 Å². The zero-order chi connectivity index (χ0) is 12.3. The van der Waals surface area contributed by atoms with Gasteiger partial charge in [0.15, 0.2) is 0 Å². The highest BCUT2D eigenvalue weighted by molar-refractivity contribution is 7.07. The van der Waals surface area contributed by atoms with Crippen LogP contribution in [0.3, 0.4) is 0 Å². The van der Waals surface area contributed by atoms with Gasteiger partial charge in [-0.25, -0.2) is 4.98 Å². The topological polar surface area (TPSA) is 91.7 Å². The summed E-state index contributed by atoms with van der Waals surface area (Å²) in [6.07, 6.45) is 0.443. The molecule has 0 aliphatic heterocycles. The summed E-state index contributed by atoms with van der Waals surface area (Å²) in [5.41, 5.74) is 3.58. The van der Waals surface area contributed by atoms with Crippen LogP contribution in [0, 0.1) is 0 Å². The third kappa shape index (κ3) is 2.54. The molecule has 0 unspecified atom stereocenters. The van der Waals surface area contributed by atoms with Crippen LogP contribution in [-0.2, 0) is 6.42 Å². The third-order valence-electron chi connectivity index (χ3n) is 2.28. The maximum atomic E-state index is 9.71. The molecule has 17 heavy (non-hydrogen) atoms. The molecule has 2 aromatic rings. The van der Waals surface area contributed by atoms with Gasteiger partial charge in [-0.15, -0.1) is 11.3 Å². The van der Waals surface area contributed by atoms with Crippen LogP contribution in [0.2, 0.25) is 0 Å². The Morgan fingerprint density at radius 3 is 2.82 bits per heavy atom. The van der Waals surface area contributed by atoms with Gasteiger partial charge in [0.1, 0.15) is 11.5 Å². The van der Waals surface area contributed by atoms with E-state index in [1.165, 1.54) is 23.5 Å². The lowest BCUT2D eigenvalue weighted by atomic mass is 10.0. The zero-order valence-electron chi connectivity index (χ0n) is 8.87. The molecule has 0 saturated carbocycles. The minimum absolute atomic E-state index is 0.00344. The summed E-state index contributed by atoms with van der Waals surface area (Å²) in [5.74, 6) is 5.26. The second-order valence-electron chi connectivity index (χ2n) is 3.43. The first kappa shape index (κ1) is 11.4. The number of rotatable bonds is 3. The molecule has 5 nitrogen and oxygen atoms in total. The van der Waals surface area contributed by atoms with E-state index in [1.54, 1.807) is 11.6 Å². The van der Waals surface area contributed by atoms with Gasteiger partial charge in [-0.3, -0.25) is 0 Å². The molecule has 6 heteroatoms. The summed E-state index contributed by atoms with van der Waals surface area (Å²) >= 11 is 1.48. The normalized spacial score (nSPS) is 11.6. The van der Waals surface area contributed by atoms with Gasteiger partial charge < -0.3 is 16.1 Å². The Hall–Kier alpha value is -2.08. The summed E-state index contributed by atoms with van der Waals surface area (Å²) in [7, 11) is 0. The van der Waals surface area contributed by atoms with Crippen LogP contribution in [0.25, 0.3) is 0 Å². The Morgan fingerprint density at radius 1 is 1.41 bits per heavy atom. The maximum Gasteiger partial charge on any atom is 0.128 e. The summed E-state index contributed by atoms with van der Waals surface area (Å²) in [6, 6.07) is 4.30. The molecule has 0 atom stereocenters. The van der Waals surface area contributed by atoms with E-state index in [2.05, 4.69) is 10.1 Å². The van der Waals surface area contributed by atoms with Gasteiger partial charge >= 0.3 is 0 Å². The van der Waals surface area contributed by atoms with Gasteiger partial charge in [0.25, 0.3) is 0 Å². The van der Waals surface area contributed by atoms with Crippen LogP contribution in [-0.4, -0.2) is 20.9 Å². The fourth-order valence-electron chi connectivity index (χ4n) is 1.47. The number of hydrogen-bond donors (Lipinski definition) is 3. The third-order valence-corrected chi connectivity index (χ3v) is 2.92. The molecule has 0 amide bonds. The van der Waals surface area contributed by atoms with Crippen molar-refractivity contribution in [3.8, 4) is 11.5 Å². The quantitative estimate of drug-likeness (QED) is 0.436. The largest absolute Gasteiger partial charge is 0.508 e. The van der Waals surface area contributed by atoms with Crippen LogP contribution in [0.4, 0.5) is 0 Å². The number of hydrazone groups is 1. The van der Waals surface area contributed by atoms with Crippen molar-refractivity contribution in [2.45, 2.75) is 6.42 Å². The van der Waals surface area contributed by atoms with Gasteiger partial charge in [0.05, 0.1) is 16.9 Å². The number of aromatic hydroxyl groups is 2. The van der Waals surface area contributed by atoms with E-state index in [0.29, 0.717) is 17.7 Å². The summed E-state index contributed by atoms with van der Waals surface area (Å²) in [5, 5.41) is 24.5. The lowest BCUT2D eigenvalue weighted by Gasteiger charge is -2.06.